The highest BCUT2D eigenvalue weighted by molar-refractivity contribution is 5.88. The number of benzene rings is 1. The number of hydrogen-bond donors (Lipinski definition) is 1. The summed E-state index contributed by atoms with van der Waals surface area (Å²) in [5, 5.41) is 8.62. The van der Waals surface area contributed by atoms with Gasteiger partial charge in [0.15, 0.2) is 11.5 Å². The van der Waals surface area contributed by atoms with Crippen LogP contribution in [0.4, 0.5) is 0 Å². The summed E-state index contributed by atoms with van der Waals surface area (Å²) < 4.78 is 10.0. The van der Waals surface area contributed by atoms with Crippen molar-refractivity contribution in [2.45, 2.75) is 0 Å². The minimum Gasteiger partial charge on any atom is -0.478 e. The number of carboxylic acid groups (broad SMARTS) is 1. The molecular weight excluding hydrogens is 176 g/mol. The van der Waals surface area contributed by atoms with Crippen molar-refractivity contribution in [3.8, 4) is 11.5 Å². The summed E-state index contributed by atoms with van der Waals surface area (Å²) in [5.74, 6) is 0.128. The van der Waals surface area contributed by atoms with E-state index in [1.54, 1.807) is 6.07 Å². The number of hydrogen-bond acceptors (Lipinski definition) is 3. The van der Waals surface area contributed by atoms with Crippen LogP contribution in [-0.4, -0.2) is 23.3 Å². The highest BCUT2D eigenvalue weighted by Crippen LogP contribution is 2.32. The first-order valence-corrected chi connectivity index (χ1v) is 3.40. The zero-order valence-electron chi connectivity index (χ0n) is 6.61. The molecular formula is C8H8O5. The third-order valence-electron chi connectivity index (χ3n) is 1.62. The quantitative estimate of drug-likeness (QED) is 0.679. The molecule has 0 unspecified atom stereocenters. The van der Waals surface area contributed by atoms with Crippen molar-refractivity contribution in [1.82, 2.24) is 0 Å². The predicted molar refractivity (Wildman–Crippen MR) is 43.1 cm³/mol. The molecule has 13 heavy (non-hydrogen) atoms. The lowest BCUT2D eigenvalue weighted by Gasteiger charge is -1.96. The van der Waals surface area contributed by atoms with Gasteiger partial charge >= 0.3 is 5.97 Å². The third kappa shape index (κ3) is 1.54. The van der Waals surface area contributed by atoms with Crippen molar-refractivity contribution in [2.24, 2.45) is 0 Å². The van der Waals surface area contributed by atoms with E-state index in [0.717, 1.165) is 0 Å². The zero-order valence-corrected chi connectivity index (χ0v) is 6.61. The molecule has 0 saturated carbocycles. The Bertz CT molecular complexity index is 333. The lowest BCUT2D eigenvalue weighted by molar-refractivity contribution is 0.0696. The molecule has 1 aliphatic heterocycles. The molecule has 1 heterocycles. The number of aromatic carboxylic acids is 1. The normalized spacial score (nSPS) is 12.0. The second-order valence-electron chi connectivity index (χ2n) is 2.37. The van der Waals surface area contributed by atoms with Crippen molar-refractivity contribution in [3.05, 3.63) is 23.8 Å². The number of carbonyl (C=O) groups is 1. The van der Waals surface area contributed by atoms with Gasteiger partial charge in [0.05, 0.1) is 5.56 Å². The lowest BCUT2D eigenvalue weighted by Crippen LogP contribution is -1.95. The largest absolute Gasteiger partial charge is 0.478 e. The maximum Gasteiger partial charge on any atom is 0.335 e. The van der Waals surface area contributed by atoms with Gasteiger partial charge in [-0.1, -0.05) is 0 Å². The number of fused-ring (bicyclic) bond motifs is 1. The summed E-state index contributed by atoms with van der Waals surface area (Å²) >= 11 is 0. The summed E-state index contributed by atoms with van der Waals surface area (Å²) in [6.07, 6.45) is 0. The zero-order chi connectivity index (χ0) is 8.55. The van der Waals surface area contributed by atoms with Crippen LogP contribution >= 0.6 is 0 Å². The Kier molecular flexibility index (Phi) is 2.39. The van der Waals surface area contributed by atoms with Gasteiger partial charge in [-0.05, 0) is 18.2 Å². The standard InChI is InChI=1S/C8H6O4.H2O/c9-8(10)5-1-2-6-7(3-5)12-4-11-6;/h1-3H,4H2,(H,9,10);1H2. The number of rotatable bonds is 1. The van der Waals surface area contributed by atoms with Crippen molar-refractivity contribution in [1.29, 1.82) is 0 Å². The average Bonchev–Trinajstić information content (AvgIpc) is 2.49. The summed E-state index contributed by atoms with van der Waals surface area (Å²) in [6, 6.07) is 4.52. The maximum absolute atomic E-state index is 10.5. The van der Waals surface area contributed by atoms with E-state index in [2.05, 4.69) is 0 Å². The molecule has 0 spiro atoms. The SMILES string of the molecule is O.O=C(O)c1ccc2c(c1)OCO2. The van der Waals surface area contributed by atoms with E-state index in [-0.39, 0.29) is 17.8 Å². The van der Waals surface area contributed by atoms with E-state index in [9.17, 15) is 4.79 Å². The van der Waals surface area contributed by atoms with Gasteiger partial charge in [0, 0.05) is 0 Å². The van der Waals surface area contributed by atoms with Gasteiger partial charge in [-0.15, -0.1) is 0 Å². The van der Waals surface area contributed by atoms with Crippen molar-refractivity contribution in [2.75, 3.05) is 6.79 Å². The van der Waals surface area contributed by atoms with E-state index < -0.39 is 5.97 Å². The number of ether oxygens (including phenoxy) is 2. The van der Waals surface area contributed by atoms with Crippen LogP contribution in [-0.2, 0) is 0 Å². The molecule has 0 saturated heterocycles. The summed E-state index contributed by atoms with van der Waals surface area (Å²) in [6.45, 7) is 0.165. The van der Waals surface area contributed by atoms with Crippen LogP contribution in [0.1, 0.15) is 10.4 Å². The van der Waals surface area contributed by atoms with Gasteiger partial charge in [-0.2, -0.15) is 0 Å². The van der Waals surface area contributed by atoms with Gasteiger partial charge in [0.25, 0.3) is 0 Å². The van der Waals surface area contributed by atoms with Crippen LogP contribution in [0.2, 0.25) is 0 Å². The topological polar surface area (TPSA) is 87.3 Å². The van der Waals surface area contributed by atoms with Crippen LogP contribution in [0.25, 0.3) is 0 Å². The minimum atomic E-state index is -0.965. The fourth-order valence-electron chi connectivity index (χ4n) is 1.03. The molecule has 5 heteroatoms. The smallest absolute Gasteiger partial charge is 0.335 e. The van der Waals surface area contributed by atoms with Gasteiger partial charge in [0.1, 0.15) is 0 Å². The Morgan fingerprint density at radius 2 is 2.00 bits per heavy atom. The fraction of sp³-hybridized carbons (Fsp3) is 0.125. The Morgan fingerprint density at radius 1 is 1.31 bits per heavy atom. The molecule has 1 aliphatic rings. The third-order valence-corrected chi connectivity index (χ3v) is 1.62. The second kappa shape index (κ2) is 3.32. The summed E-state index contributed by atoms with van der Waals surface area (Å²) in [7, 11) is 0. The molecule has 0 aliphatic carbocycles. The second-order valence-corrected chi connectivity index (χ2v) is 2.37. The minimum absolute atomic E-state index is 0. The van der Waals surface area contributed by atoms with Gasteiger partial charge < -0.3 is 20.1 Å². The van der Waals surface area contributed by atoms with Crippen LogP contribution in [0.5, 0.6) is 11.5 Å². The molecule has 0 radical (unpaired) electrons. The van der Waals surface area contributed by atoms with E-state index in [4.69, 9.17) is 14.6 Å². The Balaban J connectivity index is 0.000000845. The molecule has 70 valence electrons. The van der Waals surface area contributed by atoms with E-state index in [1.807, 2.05) is 0 Å². The van der Waals surface area contributed by atoms with Crippen molar-refractivity contribution >= 4 is 5.97 Å². The summed E-state index contributed by atoms with van der Waals surface area (Å²) in [5.41, 5.74) is 0.208. The monoisotopic (exact) mass is 184 g/mol. The molecule has 0 aromatic heterocycles. The van der Waals surface area contributed by atoms with Gasteiger partial charge in [-0.3, -0.25) is 0 Å². The van der Waals surface area contributed by atoms with Crippen LogP contribution < -0.4 is 9.47 Å². The molecule has 5 nitrogen and oxygen atoms in total. The first kappa shape index (κ1) is 9.34. The van der Waals surface area contributed by atoms with E-state index >= 15 is 0 Å². The lowest BCUT2D eigenvalue weighted by atomic mass is 10.2. The van der Waals surface area contributed by atoms with E-state index in [0.29, 0.717) is 11.5 Å². The van der Waals surface area contributed by atoms with Crippen molar-refractivity contribution < 1.29 is 24.9 Å². The van der Waals surface area contributed by atoms with Gasteiger partial charge in [0.2, 0.25) is 6.79 Å². The van der Waals surface area contributed by atoms with Gasteiger partial charge in [-0.25, -0.2) is 4.79 Å². The Hall–Kier alpha value is -1.75. The van der Waals surface area contributed by atoms with Crippen molar-refractivity contribution in [3.63, 3.8) is 0 Å². The first-order chi connectivity index (χ1) is 5.77. The highest BCUT2D eigenvalue weighted by Gasteiger charge is 2.15. The van der Waals surface area contributed by atoms with E-state index in [1.165, 1.54) is 12.1 Å². The Labute approximate surface area is 73.8 Å². The summed E-state index contributed by atoms with van der Waals surface area (Å²) in [4.78, 5) is 10.5. The Morgan fingerprint density at radius 3 is 2.69 bits per heavy atom. The first-order valence-electron chi connectivity index (χ1n) is 3.40. The molecule has 0 amide bonds. The maximum atomic E-state index is 10.5. The average molecular weight is 184 g/mol. The predicted octanol–water partition coefficient (Wildman–Crippen LogP) is 0.289. The molecule has 0 atom stereocenters. The van der Waals surface area contributed by atoms with Crippen LogP contribution in [0, 0.1) is 0 Å². The molecule has 2 rings (SSSR count). The fourth-order valence-corrected chi connectivity index (χ4v) is 1.03. The molecule has 1 aromatic rings. The number of carboxylic acids is 1. The molecule has 1 aromatic carbocycles. The molecule has 0 fully saturated rings. The van der Waals surface area contributed by atoms with Crippen LogP contribution in [0.3, 0.4) is 0 Å². The highest BCUT2D eigenvalue weighted by atomic mass is 16.7. The molecule has 0 bridgehead atoms. The van der Waals surface area contributed by atoms with Crippen LogP contribution in [0.15, 0.2) is 18.2 Å². The molecule has 3 N–H and O–H groups in total.